The van der Waals surface area contributed by atoms with Crippen molar-refractivity contribution < 1.29 is 14.2 Å². The first-order valence-corrected chi connectivity index (χ1v) is 11.2. The van der Waals surface area contributed by atoms with Crippen molar-refractivity contribution in [1.29, 1.82) is 0 Å². The van der Waals surface area contributed by atoms with Gasteiger partial charge in [-0.25, -0.2) is 4.98 Å². The third-order valence-electron chi connectivity index (χ3n) is 5.89. The Labute approximate surface area is 193 Å². The molecule has 0 aliphatic carbocycles. The first-order chi connectivity index (χ1) is 16.2. The van der Waals surface area contributed by atoms with Gasteiger partial charge in [0.15, 0.2) is 0 Å². The lowest BCUT2D eigenvalue weighted by Gasteiger charge is -2.28. The largest absolute Gasteiger partial charge is 0.497 e. The second-order valence-electron chi connectivity index (χ2n) is 8.21. The predicted molar refractivity (Wildman–Crippen MR) is 128 cm³/mol. The molecule has 0 saturated carbocycles. The molecule has 1 saturated heterocycles. The van der Waals surface area contributed by atoms with Crippen LogP contribution in [0.3, 0.4) is 0 Å². The topological polar surface area (TPSA) is 59.4 Å². The number of hydrogen-bond donors (Lipinski definition) is 0. The Morgan fingerprint density at radius 2 is 1.76 bits per heavy atom. The molecule has 2 aliphatic rings. The zero-order valence-corrected chi connectivity index (χ0v) is 19.0. The maximum absolute atomic E-state index is 6.20. The highest BCUT2D eigenvalue weighted by atomic mass is 16.5. The van der Waals surface area contributed by atoms with Gasteiger partial charge < -0.3 is 24.0 Å². The van der Waals surface area contributed by atoms with Gasteiger partial charge in [0.05, 0.1) is 36.6 Å². The Kier molecular flexibility index (Phi) is 6.13. The number of hydrogen-bond acceptors (Lipinski definition) is 7. The van der Waals surface area contributed by atoms with Crippen LogP contribution in [-0.2, 0) is 11.3 Å². The molecule has 0 bridgehead atoms. The zero-order chi connectivity index (χ0) is 22.6. The summed E-state index contributed by atoms with van der Waals surface area (Å²) in [4.78, 5) is 14.0. The molecule has 33 heavy (non-hydrogen) atoms. The lowest BCUT2D eigenvalue weighted by atomic mass is 10.1. The van der Waals surface area contributed by atoms with E-state index in [1.54, 1.807) is 7.11 Å². The molecule has 3 heterocycles. The van der Waals surface area contributed by atoms with Crippen LogP contribution in [0.1, 0.15) is 5.56 Å². The van der Waals surface area contributed by atoms with Crippen molar-refractivity contribution in [2.24, 2.45) is 4.99 Å². The van der Waals surface area contributed by atoms with Crippen LogP contribution in [0.5, 0.6) is 11.6 Å². The fourth-order valence-corrected chi connectivity index (χ4v) is 4.02. The van der Waals surface area contributed by atoms with E-state index in [1.807, 2.05) is 48.5 Å². The van der Waals surface area contributed by atoms with E-state index in [4.69, 9.17) is 24.2 Å². The van der Waals surface area contributed by atoms with E-state index in [0.717, 1.165) is 59.4 Å². The molecule has 3 aromatic rings. The maximum Gasteiger partial charge on any atom is 0.225 e. The van der Waals surface area contributed by atoms with Crippen molar-refractivity contribution in [3.63, 3.8) is 0 Å². The van der Waals surface area contributed by atoms with E-state index in [1.165, 1.54) is 5.69 Å². The molecule has 0 spiro atoms. The Balaban J connectivity index is 1.44. The molecule has 5 rings (SSSR count). The molecule has 7 heteroatoms. The molecule has 2 aromatic carbocycles. The van der Waals surface area contributed by atoms with E-state index >= 15 is 0 Å². The summed E-state index contributed by atoms with van der Waals surface area (Å²) in [5.41, 5.74) is 4.15. The van der Waals surface area contributed by atoms with E-state index in [2.05, 4.69) is 29.2 Å². The fourth-order valence-electron chi connectivity index (χ4n) is 4.02. The fraction of sp³-hybridized carbons (Fsp3) is 0.308. The molecule has 0 amide bonds. The Hall–Kier alpha value is -3.58. The summed E-state index contributed by atoms with van der Waals surface area (Å²) < 4.78 is 16.9. The summed E-state index contributed by atoms with van der Waals surface area (Å²) in [6.45, 7) is 4.42. The Morgan fingerprint density at radius 1 is 1.00 bits per heavy atom. The first kappa shape index (κ1) is 21.3. The number of aromatic nitrogens is 1. The normalized spacial score (nSPS) is 15.3. The standard InChI is InChI=1S/C26H28N4O3/c1-29-16-23-25(27-18-29)15-24(20-5-7-21(8-6-20)30-11-13-32-14-12-30)28-26(23)33-17-19-3-9-22(31-2)10-4-19/h3-10,15-16H,11-14,17-18H2,1-2H3. The van der Waals surface area contributed by atoms with Gasteiger partial charge in [0.25, 0.3) is 0 Å². The van der Waals surface area contributed by atoms with Gasteiger partial charge in [0.2, 0.25) is 5.88 Å². The SMILES string of the molecule is COc1ccc(COc2nc(-c3ccc(N4CCOCC4)cc3)cc3c2=CN(C)CN=3)cc1. The summed E-state index contributed by atoms with van der Waals surface area (Å²) in [7, 11) is 3.66. The number of pyridine rings is 1. The molecular formula is C26H28N4O3. The smallest absolute Gasteiger partial charge is 0.225 e. The molecule has 7 nitrogen and oxygen atoms in total. The second kappa shape index (κ2) is 9.50. The molecule has 0 unspecified atom stereocenters. The monoisotopic (exact) mass is 444 g/mol. The first-order valence-electron chi connectivity index (χ1n) is 11.2. The van der Waals surface area contributed by atoms with Gasteiger partial charge in [-0.05, 0) is 35.9 Å². The number of methoxy groups -OCH3 is 1. The quantitative estimate of drug-likeness (QED) is 0.582. The van der Waals surface area contributed by atoms with Crippen LogP contribution in [-0.4, -0.2) is 57.0 Å². The summed E-state index contributed by atoms with van der Waals surface area (Å²) in [6.07, 6.45) is 2.05. The van der Waals surface area contributed by atoms with Gasteiger partial charge in [-0.2, -0.15) is 0 Å². The molecule has 0 N–H and O–H groups in total. The zero-order valence-electron chi connectivity index (χ0n) is 19.0. The van der Waals surface area contributed by atoms with Crippen LogP contribution < -0.4 is 24.9 Å². The van der Waals surface area contributed by atoms with Crippen LogP contribution in [0, 0.1) is 0 Å². The molecule has 0 atom stereocenters. The summed E-state index contributed by atoms with van der Waals surface area (Å²) in [5.74, 6) is 1.41. The molecule has 2 aliphatic heterocycles. The minimum Gasteiger partial charge on any atom is -0.497 e. The van der Waals surface area contributed by atoms with Gasteiger partial charge in [-0.1, -0.05) is 24.3 Å². The van der Waals surface area contributed by atoms with Crippen LogP contribution >= 0.6 is 0 Å². The van der Waals surface area contributed by atoms with Crippen LogP contribution in [0.4, 0.5) is 5.69 Å². The number of ether oxygens (including phenoxy) is 3. The number of benzene rings is 2. The Bertz CT molecular complexity index is 1220. The highest BCUT2D eigenvalue weighted by molar-refractivity contribution is 5.64. The van der Waals surface area contributed by atoms with Gasteiger partial charge in [0, 0.05) is 37.6 Å². The van der Waals surface area contributed by atoms with Crippen molar-refractivity contribution in [3.8, 4) is 22.9 Å². The number of nitrogens with zero attached hydrogens (tertiary/aromatic N) is 4. The van der Waals surface area contributed by atoms with Crippen molar-refractivity contribution in [1.82, 2.24) is 9.88 Å². The van der Waals surface area contributed by atoms with Gasteiger partial charge in [0.1, 0.15) is 19.0 Å². The van der Waals surface area contributed by atoms with Gasteiger partial charge >= 0.3 is 0 Å². The number of morpholine rings is 1. The second-order valence-corrected chi connectivity index (χ2v) is 8.21. The molecule has 0 radical (unpaired) electrons. The van der Waals surface area contributed by atoms with Crippen molar-refractivity contribution >= 4 is 11.9 Å². The molecule has 1 fully saturated rings. The molecule has 1 aromatic heterocycles. The Morgan fingerprint density at radius 3 is 2.48 bits per heavy atom. The van der Waals surface area contributed by atoms with Crippen molar-refractivity contribution in [2.45, 2.75) is 6.61 Å². The van der Waals surface area contributed by atoms with E-state index in [9.17, 15) is 0 Å². The average Bonchev–Trinajstić information content (AvgIpc) is 2.88. The van der Waals surface area contributed by atoms with Crippen LogP contribution in [0.25, 0.3) is 17.5 Å². The predicted octanol–water partition coefficient (Wildman–Crippen LogP) is 2.43. The minimum atomic E-state index is 0.417. The third kappa shape index (κ3) is 4.78. The molecular weight excluding hydrogens is 416 g/mol. The van der Waals surface area contributed by atoms with E-state index in [0.29, 0.717) is 19.2 Å². The van der Waals surface area contributed by atoms with Crippen LogP contribution in [0.2, 0.25) is 0 Å². The van der Waals surface area contributed by atoms with E-state index < -0.39 is 0 Å². The number of fused-ring (bicyclic) bond motifs is 1. The maximum atomic E-state index is 6.20. The van der Waals surface area contributed by atoms with Crippen molar-refractivity contribution in [2.75, 3.05) is 52.0 Å². The highest BCUT2D eigenvalue weighted by Crippen LogP contribution is 2.23. The van der Waals surface area contributed by atoms with E-state index in [-0.39, 0.29) is 0 Å². The lowest BCUT2D eigenvalue weighted by molar-refractivity contribution is 0.122. The summed E-state index contributed by atoms with van der Waals surface area (Å²) in [6, 6.07) is 18.4. The van der Waals surface area contributed by atoms with Gasteiger partial charge in [-0.15, -0.1) is 0 Å². The number of rotatable bonds is 6. The van der Waals surface area contributed by atoms with Crippen LogP contribution in [0.15, 0.2) is 59.6 Å². The lowest BCUT2D eigenvalue weighted by Crippen LogP contribution is -2.36. The third-order valence-corrected chi connectivity index (χ3v) is 5.89. The average molecular weight is 445 g/mol. The number of anilines is 1. The summed E-state index contributed by atoms with van der Waals surface area (Å²) in [5, 5.41) is 1.81. The van der Waals surface area contributed by atoms with Gasteiger partial charge in [-0.3, -0.25) is 4.99 Å². The molecule has 170 valence electrons. The minimum absolute atomic E-state index is 0.417. The summed E-state index contributed by atoms with van der Waals surface area (Å²) >= 11 is 0. The van der Waals surface area contributed by atoms with Crippen molar-refractivity contribution in [3.05, 3.63) is 70.7 Å². The highest BCUT2D eigenvalue weighted by Gasteiger charge is 2.14.